The summed E-state index contributed by atoms with van der Waals surface area (Å²) in [6, 6.07) is 13.9. The van der Waals surface area contributed by atoms with Gasteiger partial charge in [0.05, 0.1) is 0 Å². The highest BCUT2D eigenvalue weighted by Gasteiger charge is 2.19. The molecule has 0 amide bonds. The summed E-state index contributed by atoms with van der Waals surface area (Å²) in [6.45, 7) is 0. The number of hydrogen-bond acceptors (Lipinski definition) is 3. The minimum atomic E-state index is -0.850. The molecule has 2 aromatic carbocycles. The van der Waals surface area contributed by atoms with Crippen LogP contribution in [0.1, 0.15) is 17.4 Å². The van der Waals surface area contributed by atoms with Gasteiger partial charge in [0.2, 0.25) is 0 Å². The summed E-state index contributed by atoms with van der Waals surface area (Å²) in [6.07, 6.45) is -0.850. The number of fused-ring (bicyclic) bond motifs is 2. The Morgan fingerprint density at radius 2 is 1.95 bits per heavy atom. The third-order valence-corrected chi connectivity index (χ3v) is 4.55. The van der Waals surface area contributed by atoms with Crippen molar-refractivity contribution in [3.05, 3.63) is 71.1 Å². The Hall–Kier alpha value is -2.17. The maximum Gasteiger partial charge on any atom is 0.138 e. The lowest BCUT2D eigenvalue weighted by Gasteiger charge is -2.06. The van der Waals surface area contributed by atoms with E-state index in [4.69, 9.17) is 4.42 Å². The van der Waals surface area contributed by atoms with Gasteiger partial charge in [-0.05, 0) is 41.1 Å². The van der Waals surface area contributed by atoms with Crippen LogP contribution >= 0.6 is 11.3 Å². The number of thiophene rings is 1. The van der Waals surface area contributed by atoms with Crippen molar-refractivity contribution in [1.29, 1.82) is 0 Å². The lowest BCUT2D eigenvalue weighted by Crippen LogP contribution is -1.96. The van der Waals surface area contributed by atoms with Crippen LogP contribution in [0.2, 0.25) is 0 Å². The Morgan fingerprint density at radius 1 is 1.10 bits per heavy atom. The van der Waals surface area contributed by atoms with E-state index in [1.54, 1.807) is 23.5 Å². The molecule has 1 atom stereocenters. The summed E-state index contributed by atoms with van der Waals surface area (Å²) >= 11 is 1.58. The largest absolute Gasteiger partial charge is 0.458 e. The maximum atomic E-state index is 13.2. The van der Waals surface area contributed by atoms with Crippen LogP contribution < -0.4 is 0 Å². The molecule has 104 valence electrons. The van der Waals surface area contributed by atoms with E-state index in [1.165, 1.54) is 12.1 Å². The second-order valence-corrected chi connectivity index (χ2v) is 5.83. The van der Waals surface area contributed by atoms with Crippen LogP contribution in [-0.4, -0.2) is 5.11 Å². The zero-order valence-corrected chi connectivity index (χ0v) is 11.7. The number of benzene rings is 2. The van der Waals surface area contributed by atoms with Crippen molar-refractivity contribution in [2.24, 2.45) is 0 Å². The molecule has 0 bridgehead atoms. The van der Waals surface area contributed by atoms with Gasteiger partial charge < -0.3 is 9.52 Å². The Labute approximate surface area is 124 Å². The van der Waals surface area contributed by atoms with Crippen LogP contribution in [0.25, 0.3) is 21.1 Å². The van der Waals surface area contributed by atoms with Gasteiger partial charge in [-0.15, -0.1) is 11.3 Å². The predicted molar refractivity (Wildman–Crippen MR) is 82.1 cm³/mol. The van der Waals surface area contributed by atoms with Crippen LogP contribution in [0.5, 0.6) is 0 Å². The zero-order chi connectivity index (χ0) is 14.4. The smallest absolute Gasteiger partial charge is 0.138 e. The van der Waals surface area contributed by atoms with E-state index < -0.39 is 6.10 Å². The lowest BCUT2D eigenvalue weighted by atomic mass is 10.1. The molecule has 0 aliphatic heterocycles. The number of aliphatic hydroxyl groups is 1. The van der Waals surface area contributed by atoms with E-state index >= 15 is 0 Å². The molecule has 2 nitrogen and oxygen atoms in total. The quantitative estimate of drug-likeness (QED) is 0.573. The van der Waals surface area contributed by atoms with Crippen molar-refractivity contribution in [1.82, 2.24) is 0 Å². The van der Waals surface area contributed by atoms with Gasteiger partial charge >= 0.3 is 0 Å². The Kier molecular flexibility index (Phi) is 2.80. The first-order chi connectivity index (χ1) is 10.2. The highest BCUT2D eigenvalue weighted by Crippen LogP contribution is 2.35. The van der Waals surface area contributed by atoms with Gasteiger partial charge in [-0.2, -0.15) is 0 Å². The summed E-state index contributed by atoms with van der Waals surface area (Å²) in [4.78, 5) is 0. The standard InChI is InChI=1S/C17H11FO2S/c18-11-5-6-14-10(7-11)8-15(20-14)17(19)13-9-21-16-4-2-1-3-12(13)16/h1-9,17,19H. The van der Waals surface area contributed by atoms with Crippen LogP contribution in [0.3, 0.4) is 0 Å². The summed E-state index contributed by atoms with van der Waals surface area (Å²) in [7, 11) is 0. The topological polar surface area (TPSA) is 33.4 Å². The van der Waals surface area contributed by atoms with Crippen LogP contribution in [-0.2, 0) is 0 Å². The van der Waals surface area contributed by atoms with Gasteiger partial charge in [0.1, 0.15) is 23.3 Å². The molecule has 0 spiro atoms. The summed E-state index contributed by atoms with van der Waals surface area (Å²) in [5.41, 5.74) is 1.39. The van der Waals surface area contributed by atoms with E-state index in [9.17, 15) is 9.50 Å². The molecule has 0 fully saturated rings. The molecular formula is C17H11FO2S. The molecule has 2 heterocycles. The van der Waals surface area contributed by atoms with E-state index in [0.29, 0.717) is 16.7 Å². The summed E-state index contributed by atoms with van der Waals surface area (Å²) in [5.74, 6) is 0.115. The molecule has 0 aliphatic carbocycles. The average molecular weight is 298 g/mol. The molecule has 4 rings (SSSR count). The number of rotatable bonds is 2. The molecule has 1 unspecified atom stereocenters. The molecule has 4 aromatic rings. The fourth-order valence-electron chi connectivity index (χ4n) is 2.53. The zero-order valence-electron chi connectivity index (χ0n) is 10.9. The summed E-state index contributed by atoms with van der Waals surface area (Å²) in [5, 5.41) is 14.2. The molecule has 21 heavy (non-hydrogen) atoms. The third-order valence-electron chi connectivity index (χ3n) is 3.57. The number of halogens is 1. The Bertz CT molecular complexity index is 938. The minimum Gasteiger partial charge on any atom is -0.458 e. The molecule has 2 aromatic heterocycles. The molecule has 1 N–H and O–H groups in total. The molecule has 0 aliphatic rings. The average Bonchev–Trinajstić information content (AvgIpc) is 3.09. The second-order valence-electron chi connectivity index (χ2n) is 4.92. The molecule has 0 saturated carbocycles. The van der Waals surface area contributed by atoms with Crippen LogP contribution in [0, 0.1) is 5.82 Å². The molecule has 0 radical (unpaired) electrons. The first-order valence-corrected chi connectivity index (χ1v) is 7.43. The summed E-state index contributed by atoms with van der Waals surface area (Å²) < 4.78 is 20.0. The van der Waals surface area contributed by atoms with Crippen molar-refractivity contribution < 1.29 is 13.9 Å². The third kappa shape index (κ3) is 2.04. The fraction of sp³-hybridized carbons (Fsp3) is 0.0588. The second kappa shape index (κ2) is 4.69. The SMILES string of the molecule is OC(c1cc2cc(F)ccc2o1)c1csc2ccccc12. The number of hydrogen-bond donors (Lipinski definition) is 1. The normalized spacial score (nSPS) is 13.0. The van der Waals surface area contributed by atoms with Crippen molar-refractivity contribution in [2.75, 3.05) is 0 Å². The highest BCUT2D eigenvalue weighted by atomic mass is 32.1. The lowest BCUT2D eigenvalue weighted by molar-refractivity contribution is 0.194. The molecular weight excluding hydrogens is 287 g/mol. The minimum absolute atomic E-state index is 0.315. The van der Waals surface area contributed by atoms with E-state index in [-0.39, 0.29) is 5.82 Å². The first kappa shape index (κ1) is 12.6. The molecule has 4 heteroatoms. The van der Waals surface area contributed by atoms with Gasteiger partial charge in [-0.3, -0.25) is 0 Å². The Morgan fingerprint density at radius 3 is 2.86 bits per heavy atom. The van der Waals surface area contributed by atoms with Crippen molar-refractivity contribution in [3.63, 3.8) is 0 Å². The van der Waals surface area contributed by atoms with Gasteiger partial charge in [0.15, 0.2) is 0 Å². The van der Waals surface area contributed by atoms with E-state index in [1.807, 2.05) is 29.6 Å². The van der Waals surface area contributed by atoms with Crippen molar-refractivity contribution >= 4 is 32.4 Å². The van der Waals surface area contributed by atoms with Crippen molar-refractivity contribution in [2.45, 2.75) is 6.10 Å². The fourth-order valence-corrected chi connectivity index (χ4v) is 3.51. The van der Waals surface area contributed by atoms with Gasteiger partial charge in [0.25, 0.3) is 0 Å². The number of aliphatic hydroxyl groups excluding tert-OH is 1. The Balaban J connectivity index is 1.83. The van der Waals surface area contributed by atoms with Gasteiger partial charge in [-0.25, -0.2) is 4.39 Å². The maximum absolute atomic E-state index is 13.2. The van der Waals surface area contributed by atoms with E-state index in [0.717, 1.165) is 15.6 Å². The van der Waals surface area contributed by atoms with E-state index in [2.05, 4.69) is 0 Å². The highest BCUT2D eigenvalue weighted by molar-refractivity contribution is 7.17. The predicted octanol–water partition coefficient (Wildman–Crippen LogP) is 4.87. The van der Waals surface area contributed by atoms with Crippen molar-refractivity contribution in [3.8, 4) is 0 Å². The van der Waals surface area contributed by atoms with Crippen LogP contribution in [0.4, 0.5) is 4.39 Å². The number of furan rings is 1. The van der Waals surface area contributed by atoms with Crippen LogP contribution in [0.15, 0.2) is 58.3 Å². The monoisotopic (exact) mass is 298 g/mol. The first-order valence-electron chi connectivity index (χ1n) is 6.55. The van der Waals surface area contributed by atoms with Gasteiger partial charge in [0, 0.05) is 15.6 Å². The molecule has 0 saturated heterocycles. The van der Waals surface area contributed by atoms with Gasteiger partial charge in [-0.1, -0.05) is 18.2 Å².